The second-order valence-electron chi connectivity index (χ2n) is 16.5. The molecule has 0 radical (unpaired) electrons. The Labute approximate surface area is 383 Å². The molecule has 0 unspecified atom stereocenters. The lowest BCUT2D eigenvalue weighted by Crippen LogP contribution is -2.18. The van der Waals surface area contributed by atoms with Crippen LogP contribution in [0.3, 0.4) is 0 Å². The summed E-state index contributed by atoms with van der Waals surface area (Å²) in [6, 6.07) is 81.0. The molecule has 0 amide bonds. The van der Waals surface area contributed by atoms with Gasteiger partial charge in [0.25, 0.3) is 0 Å². The van der Waals surface area contributed by atoms with Crippen LogP contribution in [0.2, 0.25) is 0 Å². The van der Waals surface area contributed by atoms with Gasteiger partial charge in [-0.3, -0.25) is 0 Å². The maximum atomic E-state index is 3.86. The summed E-state index contributed by atoms with van der Waals surface area (Å²) in [6.07, 6.45) is 0. The van der Waals surface area contributed by atoms with Crippen LogP contribution in [0.15, 0.2) is 233 Å². The SMILES string of the molecule is CC(C)(C)c1cc(N(c2cccc(Br)c2)c2cc(-c3ccccc3)ccc2-c2ccccc2)cc(N(c2cccc(Br)c2)c2cc(-c3ccccc3)ccc2-c2ccccc2)c1. The molecule has 0 heterocycles. The van der Waals surface area contributed by atoms with E-state index < -0.39 is 0 Å². The van der Waals surface area contributed by atoms with Gasteiger partial charge in [-0.15, -0.1) is 0 Å². The molecule has 0 atom stereocenters. The largest absolute Gasteiger partial charge is 0.310 e. The Bertz CT molecular complexity index is 2770. The number of halogens is 2. The summed E-state index contributed by atoms with van der Waals surface area (Å²) >= 11 is 7.72. The van der Waals surface area contributed by atoms with Crippen molar-refractivity contribution in [2.24, 2.45) is 0 Å². The third-order valence-corrected chi connectivity index (χ3v) is 12.3. The number of benzene rings is 9. The lowest BCUT2D eigenvalue weighted by Gasteiger charge is -2.34. The van der Waals surface area contributed by atoms with Crippen molar-refractivity contribution >= 4 is 66.0 Å². The highest BCUT2D eigenvalue weighted by Crippen LogP contribution is 2.49. The number of rotatable bonds is 10. The molecule has 0 aliphatic heterocycles. The van der Waals surface area contributed by atoms with Gasteiger partial charge in [-0.05, 0) is 111 Å². The van der Waals surface area contributed by atoms with Crippen molar-refractivity contribution in [1.82, 2.24) is 0 Å². The van der Waals surface area contributed by atoms with Crippen LogP contribution < -0.4 is 9.80 Å². The molecular formula is C58H46Br2N2. The number of anilines is 6. The first-order valence-electron chi connectivity index (χ1n) is 21.0. The zero-order chi connectivity index (χ0) is 42.6. The average Bonchev–Trinajstić information content (AvgIpc) is 3.30. The first kappa shape index (κ1) is 40.9. The Morgan fingerprint density at radius 1 is 0.306 bits per heavy atom. The molecule has 0 aromatic heterocycles. The fourth-order valence-corrected chi connectivity index (χ4v) is 8.92. The van der Waals surface area contributed by atoms with E-state index in [1.54, 1.807) is 0 Å². The molecule has 0 bridgehead atoms. The van der Waals surface area contributed by atoms with Gasteiger partial charge in [0.05, 0.1) is 11.4 Å². The third-order valence-electron chi connectivity index (χ3n) is 11.3. The molecule has 0 N–H and O–H groups in total. The van der Waals surface area contributed by atoms with E-state index in [-0.39, 0.29) is 5.41 Å². The van der Waals surface area contributed by atoms with Crippen molar-refractivity contribution < 1.29 is 0 Å². The minimum absolute atomic E-state index is 0.195. The van der Waals surface area contributed by atoms with Crippen LogP contribution in [0.4, 0.5) is 34.1 Å². The van der Waals surface area contributed by atoms with E-state index in [0.717, 1.165) is 76.5 Å². The van der Waals surface area contributed by atoms with Crippen LogP contribution in [0.25, 0.3) is 44.5 Å². The minimum Gasteiger partial charge on any atom is -0.310 e. The predicted molar refractivity (Wildman–Crippen MR) is 272 cm³/mol. The standard InChI is InChI=1S/C58H46Br2N2/c1-58(2,3)47-36-52(61(50-28-16-26-48(59)38-50)56-34-45(41-18-8-4-9-19-41)30-32-54(56)43-22-12-6-13-23-43)40-53(37-47)62(51-29-17-27-49(60)39-51)57-35-46(42-20-10-5-11-21-42)31-33-55(57)44-24-14-7-15-25-44/h4-40H,1-3H3. The Morgan fingerprint density at radius 3 is 1.03 bits per heavy atom. The van der Waals surface area contributed by atoms with Gasteiger partial charge in [0, 0.05) is 42.8 Å². The van der Waals surface area contributed by atoms with Gasteiger partial charge in [-0.1, -0.05) is 210 Å². The van der Waals surface area contributed by atoms with E-state index in [1.165, 1.54) is 16.7 Å². The Kier molecular flexibility index (Phi) is 11.8. The molecule has 302 valence electrons. The maximum absolute atomic E-state index is 3.86. The summed E-state index contributed by atoms with van der Waals surface area (Å²) in [7, 11) is 0. The Balaban J connectivity index is 1.36. The van der Waals surface area contributed by atoms with Gasteiger partial charge in [0.15, 0.2) is 0 Å². The summed E-state index contributed by atoms with van der Waals surface area (Å²) in [6.45, 7) is 6.92. The fraction of sp³-hybridized carbons (Fsp3) is 0.0690. The number of hydrogen-bond donors (Lipinski definition) is 0. The van der Waals surface area contributed by atoms with Gasteiger partial charge in [-0.2, -0.15) is 0 Å². The molecule has 9 rings (SSSR count). The van der Waals surface area contributed by atoms with Crippen molar-refractivity contribution in [2.75, 3.05) is 9.80 Å². The topological polar surface area (TPSA) is 6.48 Å². The molecule has 4 heteroatoms. The van der Waals surface area contributed by atoms with Crippen molar-refractivity contribution in [2.45, 2.75) is 26.2 Å². The molecule has 0 spiro atoms. The molecule has 0 fully saturated rings. The highest BCUT2D eigenvalue weighted by Gasteiger charge is 2.26. The minimum atomic E-state index is -0.195. The molecule has 62 heavy (non-hydrogen) atoms. The van der Waals surface area contributed by atoms with Crippen LogP contribution in [0, 0.1) is 0 Å². The van der Waals surface area contributed by atoms with Crippen molar-refractivity contribution in [3.63, 3.8) is 0 Å². The van der Waals surface area contributed by atoms with E-state index in [2.05, 4.69) is 287 Å². The van der Waals surface area contributed by atoms with Crippen LogP contribution in [-0.4, -0.2) is 0 Å². The second kappa shape index (κ2) is 17.9. The summed E-state index contributed by atoms with van der Waals surface area (Å²) in [5.74, 6) is 0. The summed E-state index contributed by atoms with van der Waals surface area (Å²) < 4.78 is 2.02. The molecule has 0 aliphatic carbocycles. The second-order valence-corrected chi connectivity index (χ2v) is 18.4. The summed E-state index contributed by atoms with van der Waals surface area (Å²) in [5, 5.41) is 0. The monoisotopic (exact) mass is 928 g/mol. The van der Waals surface area contributed by atoms with Gasteiger partial charge in [-0.25, -0.2) is 0 Å². The van der Waals surface area contributed by atoms with Crippen LogP contribution >= 0.6 is 31.9 Å². The van der Waals surface area contributed by atoms with Crippen LogP contribution in [0.5, 0.6) is 0 Å². The van der Waals surface area contributed by atoms with Gasteiger partial charge in [0.1, 0.15) is 0 Å². The first-order valence-corrected chi connectivity index (χ1v) is 22.5. The smallest absolute Gasteiger partial charge is 0.0546 e. The zero-order valence-corrected chi connectivity index (χ0v) is 38.2. The van der Waals surface area contributed by atoms with Crippen LogP contribution in [-0.2, 0) is 5.41 Å². The molecular weight excluding hydrogens is 884 g/mol. The molecule has 0 saturated heterocycles. The van der Waals surface area contributed by atoms with E-state index >= 15 is 0 Å². The molecule has 9 aromatic rings. The van der Waals surface area contributed by atoms with Crippen LogP contribution in [0.1, 0.15) is 26.3 Å². The molecule has 0 aliphatic rings. The van der Waals surface area contributed by atoms with Crippen molar-refractivity contribution in [3.05, 3.63) is 239 Å². The fourth-order valence-electron chi connectivity index (χ4n) is 8.15. The lowest BCUT2D eigenvalue weighted by molar-refractivity contribution is 0.590. The molecule has 0 saturated carbocycles. The van der Waals surface area contributed by atoms with Crippen molar-refractivity contribution in [1.29, 1.82) is 0 Å². The normalized spacial score (nSPS) is 11.3. The summed E-state index contributed by atoms with van der Waals surface area (Å²) in [5.41, 5.74) is 16.6. The van der Waals surface area contributed by atoms with E-state index in [4.69, 9.17) is 0 Å². The quantitative estimate of drug-likeness (QED) is 0.135. The summed E-state index contributed by atoms with van der Waals surface area (Å²) in [4.78, 5) is 4.88. The predicted octanol–water partition coefficient (Wildman–Crippen LogP) is 18.1. The maximum Gasteiger partial charge on any atom is 0.0546 e. The average molecular weight is 931 g/mol. The lowest BCUT2D eigenvalue weighted by atomic mass is 9.86. The highest BCUT2D eigenvalue weighted by molar-refractivity contribution is 9.10. The Hall–Kier alpha value is -6.46. The van der Waals surface area contributed by atoms with Gasteiger partial charge < -0.3 is 9.80 Å². The highest BCUT2D eigenvalue weighted by atomic mass is 79.9. The third kappa shape index (κ3) is 8.81. The van der Waals surface area contributed by atoms with E-state index in [9.17, 15) is 0 Å². The van der Waals surface area contributed by atoms with E-state index in [0.29, 0.717) is 0 Å². The van der Waals surface area contributed by atoms with E-state index in [1.807, 2.05) is 0 Å². The first-order chi connectivity index (χ1) is 30.2. The van der Waals surface area contributed by atoms with Gasteiger partial charge in [0.2, 0.25) is 0 Å². The number of hydrogen-bond acceptors (Lipinski definition) is 2. The number of nitrogens with zero attached hydrogens (tertiary/aromatic N) is 2. The Morgan fingerprint density at radius 2 is 0.677 bits per heavy atom. The van der Waals surface area contributed by atoms with Crippen molar-refractivity contribution in [3.8, 4) is 44.5 Å². The zero-order valence-electron chi connectivity index (χ0n) is 35.0. The molecule has 2 nitrogen and oxygen atoms in total. The van der Waals surface area contributed by atoms with Gasteiger partial charge >= 0.3 is 0 Å². The molecule has 9 aromatic carbocycles.